The second kappa shape index (κ2) is 9.11. The van der Waals surface area contributed by atoms with E-state index in [1.54, 1.807) is 6.07 Å². The van der Waals surface area contributed by atoms with E-state index < -0.39 is 17.5 Å². The normalized spacial score (nSPS) is 10.7. The highest BCUT2D eigenvalue weighted by atomic mass is 35.5. The van der Waals surface area contributed by atoms with Gasteiger partial charge in [-0.05, 0) is 42.8 Å². The number of rotatable bonds is 6. The van der Waals surface area contributed by atoms with Gasteiger partial charge in [0.05, 0.1) is 15.6 Å². The van der Waals surface area contributed by atoms with E-state index in [9.17, 15) is 14.4 Å². The van der Waals surface area contributed by atoms with E-state index in [-0.39, 0.29) is 27.5 Å². The minimum absolute atomic E-state index is 0.0749. The summed E-state index contributed by atoms with van der Waals surface area (Å²) in [5.41, 5.74) is -0.423. The summed E-state index contributed by atoms with van der Waals surface area (Å²) in [5, 5.41) is 3.76. The van der Waals surface area contributed by atoms with Crippen LogP contribution in [0.2, 0.25) is 10.0 Å². The van der Waals surface area contributed by atoms with Crippen molar-refractivity contribution in [2.24, 2.45) is 0 Å². The second-order valence-electron chi connectivity index (χ2n) is 6.28. The number of hydrogen-bond donors (Lipinski definition) is 1. The molecule has 0 unspecified atom stereocenters. The van der Waals surface area contributed by atoms with Gasteiger partial charge >= 0.3 is 11.6 Å². The Hall–Kier alpha value is -2.83. The fourth-order valence-corrected chi connectivity index (χ4v) is 2.87. The topological polar surface area (TPSA) is 85.6 Å². The number of carbonyl (C=O) groups is 2. The SMILES string of the molecule is CCCCNC(=O)c1cc2ccc(OC(=O)c3ccc(Cl)c(Cl)c3)cc2oc1=O. The minimum atomic E-state index is -0.764. The summed E-state index contributed by atoms with van der Waals surface area (Å²) >= 11 is 11.8. The van der Waals surface area contributed by atoms with Gasteiger partial charge in [0, 0.05) is 18.0 Å². The highest BCUT2D eigenvalue weighted by Crippen LogP contribution is 2.25. The molecule has 1 N–H and O–H groups in total. The van der Waals surface area contributed by atoms with Crippen LogP contribution >= 0.6 is 23.2 Å². The van der Waals surface area contributed by atoms with Gasteiger partial charge in [-0.25, -0.2) is 9.59 Å². The molecule has 3 rings (SSSR count). The molecule has 0 aliphatic heterocycles. The lowest BCUT2D eigenvalue weighted by atomic mass is 10.1. The van der Waals surface area contributed by atoms with Gasteiger partial charge in [-0.1, -0.05) is 36.5 Å². The van der Waals surface area contributed by atoms with Crippen molar-refractivity contribution in [3.63, 3.8) is 0 Å². The van der Waals surface area contributed by atoms with Gasteiger partial charge in [0.1, 0.15) is 16.9 Å². The highest BCUT2D eigenvalue weighted by Gasteiger charge is 2.15. The molecular weight excluding hydrogens is 417 g/mol. The molecule has 8 heteroatoms. The summed E-state index contributed by atoms with van der Waals surface area (Å²) in [6, 6.07) is 10.4. The van der Waals surface area contributed by atoms with Gasteiger partial charge in [0.15, 0.2) is 0 Å². The van der Waals surface area contributed by atoms with Crippen molar-refractivity contribution in [3.8, 4) is 5.75 Å². The molecule has 0 aliphatic carbocycles. The van der Waals surface area contributed by atoms with Gasteiger partial charge in [0.2, 0.25) is 0 Å². The summed E-state index contributed by atoms with van der Waals surface area (Å²) in [6.45, 7) is 2.49. The lowest BCUT2D eigenvalue weighted by molar-refractivity contribution is 0.0734. The number of ether oxygens (including phenoxy) is 1. The van der Waals surface area contributed by atoms with Crippen LogP contribution in [-0.2, 0) is 0 Å². The maximum atomic E-state index is 12.3. The maximum Gasteiger partial charge on any atom is 0.349 e. The summed E-state index contributed by atoms with van der Waals surface area (Å²) in [5.74, 6) is -0.946. The number of unbranched alkanes of at least 4 members (excludes halogenated alkanes) is 1. The summed E-state index contributed by atoms with van der Waals surface area (Å²) in [4.78, 5) is 36.6. The maximum absolute atomic E-state index is 12.3. The van der Waals surface area contributed by atoms with Gasteiger partial charge in [-0.3, -0.25) is 4.79 Å². The Morgan fingerprint density at radius 2 is 1.86 bits per heavy atom. The predicted molar refractivity (Wildman–Crippen MR) is 111 cm³/mol. The third-order valence-electron chi connectivity index (χ3n) is 4.13. The molecule has 1 heterocycles. The first-order valence-electron chi connectivity index (χ1n) is 8.92. The fraction of sp³-hybridized carbons (Fsp3) is 0.190. The van der Waals surface area contributed by atoms with Gasteiger partial charge in [-0.2, -0.15) is 0 Å². The smallest absolute Gasteiger partial charge is 0.349 e. The lowest BCUT2D eigenvalue weighted by Gasteiger charge is -2.07. The van der Waals surface area contributed by atoms with Crippen LogP contribution in [0.5, 0.6) is 5.75 Å². The fourth-order valence-electron chi connectivity index (χ4n) is 2.58. The number of halogens is 2. The van der Waals surface area contributed by atoms with Crippen LogP contribution in [0, 0.1) is 0 Å². The largest absolute Gasteiger partial charge is 0.423 e. The first-order valence-corrected chi connectivity index (χ1v) is 9.68. The number of fused-ring (bicyclic) bond motifs is 1. The van der Waals surface area contributed by atoms with Gasteiger partial charge in [0.25, 0.3) is 5.91 Å². The molecule has 2 aromatic carbocycles. The van der Waals surface area contributed by atoms with Crippen molar-refractivity contribution in [3.05, 3.63) is 74.1 Å². The van der Waals surface area contributed by atoms with E-state index in [1.165, 1.54) is 36.4 Å². The molecule has 0 spiro atoms. The molecule has 150 valence electrons. The molecule has 0 aliphatic rings. The van der Waals surface area contributed by atoms with Crippen LogP contribution in [0.1, 0.15) is 40.5 Å². The third-order valence-corrected chi connectivity index (χ3v) is 4.87. The Bertz CT molecular complexity index is 1140. The molecule has 1 amide bonds. The van der Waals surface area contributed by atoms with Crippen LogP contribution in [-0.4, -0.2) is 18.4 Å². The monoisotopic (exact) mass is 433 g/mol. The van der Waals surface area contributed by atoms with E-state index >= 15 is 0 Å². The van der Waals surface area contributed by atoms with Gasteiger partial charge in [-0.15, -0.1) is 0 Å². The zero-order chi connectivity index (χ0) is 21.0. The Morgan fingerprint density at radius 3 is 2.59 bits per heavy atom. The standard InChI is InChI=1S/C21H17Cl2NO5/c1-2-3-8-24-19(25)15-9-12-4-6-14(11-18(12)29-21(15)27)28-20(26)13-5-7-16(22)17(23)10-13/h4-7,9-11H,2-3,8H2,1H3,(H,24,25). The molecule has 0 saturated carbocycles. The molecule has 1 aromatic heterocycles. The van der Waals surface area contributed by atoms with Crippen molar-refractivity contribution in [2.75, 3.05) is 6.54 Å². The Labute approximate surface area is 176 Å². The van der Waals surface area contributed by atoms with E-state index in [0.29, 0.717) is 17.0 Å². The Balaban J connectivity index is 1.82. The van der Waals surface area contributed by atoms with E-state index in [1.807, 2.05) is 6.92 Å². The summed E-state index contributed by atoms with van der Waals surface area (Å²) in [6.07, 6.45) is 1.74. The molecule has 0 bridgehead atoms. The first-order chi connectivity index (χ1) is 13.9. The molecular formula is C21H17Cl2NO5. The number of amides is 1. The quantitative estimate of drug-likeness (QED) is 0.260. The molecule has 0 saturated heterocycles. The number of benzene rings is 2. The van der Waals surface area contributed by atoms with Crippen LogP contribution in [0.15, 0.2) is 51.7 Å². The average Bonchev–Trinajstić information content (AvgIpc) is 2.69. The highest BCUT2D eigenvalue weighted by molar-refractivity contribution is 6.42. The van der Waals surface area contributed by atoms with Gasteiger partial charge < -0.3 is 14.5 Å². The predicted octanol–water partition coefficient (Wildman–Crippen LogP) is 4.85. The number of hydrogen-bond acceptors (Lipinski definition) is 5. The minimum Gasteiger partial charge on any atom is -0.423 e. The van der Waals surface area contributed by atoms with Crippen LogP contribution in [0.25, 0.3) is 11.0 Å². The van der Waals surface area contributed by atoms with E-state index in [0.717, 1.165) is 12.8 Å². The Morgan fingerprint density at radius 1 is 1.07 bits per heavy atom. The number of carbonyl (C=O) groups excluding carboxylic acids is 2. The summed E-state index contributed by atoms with van der Waals surface area (Å²) in [7, 11) is 0. The first kappa shape index (κ1) is 20.9. The van der Waals surface area contributed by atoms with E-state index in [2.05, 4.69) is 5.32 Å². The lowest BCUT2D eigenvalue weighted by Crippen LogP contribution is -2.28. The zero-order valence-electron chi connectivity index (χ0n) is 15.5. The Kier molecular flexibility index (Phi) is 6.56. The number of nitrogens with one attached hydrogen (secondary N) is 1. The van der Waals surface area contributed by atoms with Crippen molar-refractivity contribution in [1.82, 2.24) is 5.32 Å². The molecule has 0 fully saturated rings. The molecule has 0 radical (unpaired) electrons. The molecule has 6 nitrogen and oxygen atoms in total. The molecule has 0 atom stereocenters. The van der Waals surface area contributed by atoms with Crippen molar-refractivity contribution in [1.29, 1.82) is 0 Å². The van der Waals surface area contributed by atoms with Crippen molar-refractivity contribution in [2.45, 2.75) is 19.8 Å². The van der Waals surface area contributed by atoms with Crippen molar-refractivity contribution < 1.29 is 18.7 Å². The van der Waals surface area contributed by atoms with Crippen LogP contribution in [0.4, 0.5) is 0 Å². The van der Waals surface area contributed by atoms with E-state index in [4.69, 9.17) is 32.4 Å². The second-order valence-corrected chi connectivity index (χ2v) is 7.09. The number of esters is 1. The molecule has 29 heavy (non-hydrogen) atoms. The average molecular weight is 434 g/mol. The van der Waals surface area contributed by atoms with Crippen molar-refractivity contribution >= 4 is 46.0 Å². The van der Waals surface area contributed by atoms with Crippen LogP contribution < -0.4 is 15.7 Å². The molecule has 3 aromatic rings. The zero-order valence-corrected chi connectivity index (χ0v) is 17.0. The third kappa shape index (κ3) is 4.96. The summed E-state index contributed by atoms with van der Waals surface area (Å²) < 4.78 is 10.5. The van der Waals surface area contributed by atoms with Crippen LogP contribution in [0.3, 0.4) is 0 Å².